The molecule has 118 valence electrons. The van der Waals surface area contributed by atoms with Crippen molar-refractivity contribution in [1.29, 1.82) is 0 Å². The Kier molecular flexibility index (Phi) is 6.81. The fourth-order valence-electron chi connectivity index (χ4n) is 3.57. The number of hydrogen-bond acceptors (Lipinski definition) is 2. The van der Waals surface area contributed by atoms with Crippen molar-refractivity contribution in [3.8, 4) is 0 Å². The first kappa shape index (κ1) is 17.1. The van der Waals surface area contributed by atoms with Crippen molar-refractivity contribution in [3.63, 3.8) is 0 Å². The third kappa shape index (κ3) is 4.85. The highest BCUT2D eigenvalue weighted by Gasteiger charge is 2.27. The Labute approximate surface area is 138 Å². The van der Waals surface area contributed by atoms with Gasteiger partial charge in [0, 0.05) is 16.1 Å². The fourth-order valence-corrected chi connectivity index (χ4v) is 4.06. The summed E-state index contributed by atoms with van der Waals surface area (Å²) in [6, 6.07) is 6.02. The van der Waals surface area contributed by atoms with Gasteiger partial charge in [0.2, 0.25) is 0 Å². The van der Waals surface area contributed by atoms with Crippen molar-refractivity contribution >= 4 is 23.2 Å². The molecule has 1 aliphatic carbocycles. The zero-order chi connectivity index (χ0) is 15.2. The van der Waals surface area contributed by atoms with Crippen LogP contribution in [0.4, 0.5) is 0 Å². The molecule has 0 aromatic heterocycles. The summed E-state index contributed by atoms with van der Waals surface area (Å²) in [4.78, 5) is 0. The smallest absolute Gasteiger partial charge is 0.0453 e. The van der Waals surface area contributed by atoms with Crippen molar-refractivity contribution in [1.82, 2.24) is 5.43 Å². The predicted molar refractivity (Wildman–Crippen MR) is 91.6 cm³/mol. The number of benzene rings is 1. The second-order valence-electron chi connectivity index (χ2n) is 6.28. The molecule has 1 unspecified atom stereocenters. The molecule has 0 bridgehead atoms. The maximum absolute atomic E-state index is 6.28. The molecule has 0 amide bonds. The van der Waals surface area contributed by atoms with E-state index in [1.54, 1.807) is 0 Å². The summed E-state index contributed by atoms with van der Waals surface area (Å²) in [5.74, 6) is 7.37. The van der Waals surface area contributed by atoms with Crippen LogP contribution in [-0.4, -0.2) is 6.04 Å². The average Bonchev–Trinajstić information content (AvgIpc) is 2.48. The molecule has 0 saturated heterocycles. The van der Waals surface area contributed by atoms with Crippen LogP contribution in [0.5, 0.6) is 0 Å². The number of halogens is 2. The van der Waals surface area contributed by atoms with Gasteiger partial charge in [0.05, 0.1) is 0 Å². The maximum Gasteiger partial charge on any atom is 0.0453 e. The monoisotopic (exact) mass is 328 g/mol. The van der Waals surface area contributed by atoms with Crippen LogP contribution in [0.15, 0.2) is 18.2 Å². The molecule has 1 aromatic rings. The first-order valence-electron chi connectivity index (χ1n) is 8.04. The van der Waals surface area contributed by atoms with Gasteiger partial charge in [-0.05, 0) is 48.8 Å². The third-order valence-corrected chi connectivity index (χ3v) is 5.41. The molecule has 2 rings (SSSR count). The molecule has 0 aliphatic heterocycles. The Morgan fingerprint density at radius 2 is 1.95 bits per heavy atom. The normalized spacial score (nSPS) is 24.0. The molecule has 0 spiro atoms. The topological polar surface area (TPSA) is 38.0 Å². The van der Waals surface area contributed by atoms with Gasteiger partial charge < -0.3 is 0 Å². The second-order valence-corrected chi connectivity index (χ2v) is 7.13. The van der Waals surface area contributed by atoms with Gasteiger partial charge in [0.1, 0.15) is 0 Å². The first-order chi connectivity index (χ1) is 10.1. The second kappa shape index (κ2) is 8.38. The fraction of sp³-hybridized carbons (Fsp3) is 0.647. The quantitative estimate of drug-likeness (QED) is 0.571. The van der Waals surface area contributed by atoms with Crippen LogP contribution >= 0.6 is 23.2 Å². The van der Waals surface area contributed by atoms with Crippen molar-refractivity contribution in [2.45, 2.75) is 57.9 Å². The van der Waals surface area contributed by atoms with Gasteiger partial charge >= 0.3 is 0 Å². The zero-order valence-electron chi connectivity index (χ0n) is 12.7. The number of rotatable bonds is 6. The first-order valence-corrected chi connectivity index (χ1v) is 8.79. The molecule has 1 aliphatic rings. The van der Waals surface area contributed by atoms with Crippen LogP contribution in [0.2, 0.25) is 10.0 Å². The van der Waals surface area contributed by atoms with Gasteiger partial charge in [-0.2, -0.15) is 0 Å². The summed E-state index contributed by atoms with van der Waals surface area (Å²) >= 11 is 12.2. The van der Waals surface area contributed by atoms with E-state index in [1.165, 1.54) is 38.5 Å². The summed E-state index contributed by atoms with van der Waals surface area (Å²) in [6.07, 6.45) is 8.76. The maximum atomic E-state index is 6.28. The Balaban J connectivity index is 1.94. The molecule has 21 heavy (non-hydrogen) atoms. The number of hydrogen-bond donors (Lipinski definition) is 2. The highest BCUT2D eigenvalue weighted by Crippen LogP contribution is 2.34. The lowest BCUT2D eigenvalue weighted by Gasteiger charge is -2.33. The van der Waals surface area contributed by atoms with E-state index in [-0.39, 0.29) is 0 Å². The van der Waals surface area contributed by atoms with Gasteiger partial charge in [0.15, 0.2) is 0 Å². The van der Waals surface area contributed by atoms with E-state index in [0.29, 0.717) is 17.0 Å². The third-order valence-electron chi connectivity index (χ3n) is 4.83. The Bertz CT molecular complexity index is 442. The number of nitrogens with two attached hydrogens (primary N) is 1. The lowest BCUT2D eigenvalue weighted by Crippen LogP contribution is -2.43. The summed E-state index contributed by atoms with van der Waals surface area (Å²) < 4.78 is 0. The zero-order valence-corrected chi connectivity index (χ0v) is 14.3. The molecular weight excluding hydrogens is 303 g/mol. The molecule has 4 heteroatoms. The van der Waals surface area contributed by atoms with Gasteiger partial charge in [-0.15, -0.1) is 0 Å². The summed E-state index contributed by atoms with van der Waals surface area (Å²) in [5, 5.41) is 1.42. The van der Waals surface area contributed by atoms with E-state index < -0.39 is 0 Å². The molecule has 0 radical (unpaired) electrons. The molecule has 1 aromatic carbocycles. The molecular formula is C17H26Cl2N2. The lowest BCUT2D eigenvalue weighted by molar-refractivity contribution is 0.213. The van der Waals surface area contributed by atoms with Crippen LogP contribution in [0.1, 0.15) is 51.0 Å². The van der Waals surface area contributed by atoms with Gasteiger partial charge in [-0.1, -0.05) is 61.9 Å². The number of hydrazine groups is 1. The van der Waals surface area contributed by atoms with Crippen molar-refractivity contribution < 1.29 is 0 Å². The lowest BCUT2D eigenvalue weighted by atomic mass is 9.76. The van der Waals surface area contributed by atoms with Gasteiger partial charge in [0.25, 0.3) is 0 Å². The van der Waals surface area contributed by atoms with Gasteiger partial charge in [-0.25, -0.2) is 0 Å². The van der Waals surface area contributed by atoms with Crippen molar-refractivity contribution in [2.24, 2.45) is 17.7 Å². The average molecular weight is 329 g/mol. The largest absolute Gasteiger partial charge is 0.271 e. The summed E-state index contributed by atoms with van der Waals surface area (Å²) in [7, 11) is 0. The minimum atomic E-state index is 0.297. The van der Waals surface area contributed by atoms with Crippen molar-refractivity contribution in [3.05, 3.63) is 33.8 Å². The van der Waals surface area contributed by atoms with Crippen LogP contribution in [-0.2, 0) is 6.42 Å². The highest BCUT2D eigenvalue weighted by atomic mass is 35.5. The van der Waals surface area contributed by atoms with E-state index in [2.05, 4.69) is 12.3 Å². The van der Waals surface area contributed by atoms with E-state index >= 15 is 0 Å². The van der Waals surface area contributed by atoms with E-state index in [4.69, 9.17) is 29.0 Å². The Morgan fingerprint density at radius 3 is 2.52 bits per heavy atom. The van der Waals surface area contributed by atoms with E-state index in [9.17, 15) is 0 Å². The minimum absolute atomic E-state index is 0.297. The van der Waals surface area contributed by atoms with Gasteiger partial charge in [-0.3, -0.25) is 11.3 Å². The van der Waals surface area contributed by atoms with Crippen molar-refractivity contribution in [2.75, 3.05) is 0 Å². The molecule has 3 N–H and O–H groups in total. The van der Waals surface area contributed by atoms with Crippen LogP contribution in [0.3, 0.4) is 0 Å². The molecule has 1 atom stereocenters. The SMILES string of the molecule is CCCC1CCC(C(Cc2ccc(Cl)cc2Cl)NN)CC1. The standard InChI is InChI=1S/C17H26Cl2N2/c1-2-3-12-4-6-13(7-5-12)17(21-20)10-14-8-9-15(18)11-16(14)19/h8-9,11-13,17,21H,2-7,10,20H2,1H3. The van der Waals surface area contributed by atoms with E-state index in [0.717, 1.165) is 22.9 Å². The minimum Gasteiger partial charge on any atom is -0.271 e. The molecule has 1 saturated carbocycles. The van der Waals surface area contributed by atoms with E-state index in [1.807, 2.05) is 18.2 Å². The summed E-state index contributed by atoms with van der Waals surface area (Å²) in [5.41, 5.74) is 4.14. The summed E-state index contributed by atoms with van der Waals surface area (Å²) in [6.45, 7) is 2.28. The molecule has 1 fully saturated rings. The van der Waals surface area contributed by atoms with Crippen LogP contribution in [0.25, 0.3) is 0 Å². The number of nitrogens with one attached hydrogen (secondary N) is 1. The van der Waals surface area contributed by atoms with Crippen LogP contribution < -0.4 is 11.3 Å². The van der Waals surface area contributed by atoms with Crippen LogP contribution in [0, 0.1) is 11.8 Å². The predicted octanol–water partition coefficient (Wildman–Crippen LogP) is 4.97. The Hall–Kier alpha value is -0.280. The molecule has 0 heterocycles. The highest BCUT2D eigenvalue weighted by molar-refractivity contribution is 6.35. The molecule has 2 nitrogen and oxygen atoms in total. The Morgan fingerprint density at radius 1 is 1.24 bits per heavy atom.